The Kier molecular flexibility index (Phi) is 5.27. The minimum absolute atomic E-state index is 0.272. The van der Waals surface area contributed by atoms with Crippen LogP contribution in [0, 0.1) is 20.8 Å². The molecule has 0 saturated carbocycles. The molecule has 0 aliphatic carbocycles. The largest absolute Gasteiger partial charge is 0.365 e. The fraction of sp³-hybridized carbons (Fsp3) is 0.190. The normalized spacial score (nSPS) is 10.4. The molecule has 0 aliphatic rings. The molecule has 0 aliphatic heterocycles. The van der Waals surface area contributed by atoms with E-state index in [0.29, 0.717) is 12.4 Å². The summed E-state index contributed by atoms with van der Waals surface area (Å²) >= 11 is 0. The Morgan fingerprint density at radius 2 is 1.65 bits per heavy atom. The number of hydrogen-bond donors (Lipinski definition) is 2. The number of rotatable bonds is 5. The molecule has 132 valence electrons. The van der Waals surface area contributed by atoms with Crippen molar-refractivity contribution >= 4 is 17.4 Å². The van der Waals surface area contributed by atoms with E-state index in [9.17, 15) is 4.79 Å². The number of nitrogens with one attached hydrogen (secondary N) is 2. The number of nitrogens with zero attached hydrogens (tertiary/aromatic N) is 2. The topological polar surface area (TPSA) is 66.9 Å². The van der Waals surface area contributed by atoms with Crippen LogP contribution in [0.2, 0.25) is 0 Å². The third kappa shape index (κ3) is 4.45. The van der Waals surface area contributed by atoms with Crippen LogP contribution in [0.25, 0.3) is 0 Å². The van der Waals surface area contributed by atoms with Crippen LogP contribution >= 0.6 is 0 Å². The Bertz CT molecular complexity index is 902. The first-order valence-electron chi connectivity index (χ1n) is 8.53. The number of carbonyl (C=O) groups excluding carboxylic acids is 1. The molecule has 0 unspecified atom stereocenters. The van der Waals surface area contributed by atoms with Crippen LogP contribution < -0.4 is 10.6 Å². The monoisotopic (exact) mass is 346 g/mol. The molecule has 3 rings (SSSR count). The summed E-state index contributed by atoms with van der Waals surface area (Å²) in [5.41, 5.74) is 5.74. The van der Waals surface area contributed by atoms with Gasteiger partial charge in [-0.25, -0.2) is 0 Å². The fourth-order valence-electron chi connectivity index (χ4n) is 2.46. The lowest BCUT2D eigenvalue weighted by molar-refractivity contribution is 0.102. The van der Waals surface area contributed by atoms with E-state index in [1.165, 1.54) is 11.1 Å². The molecule has 0 fully saturated rings. The summed E-state index contributed by atoms with van der Waals surface area (Å²) in [6.07, 6.45) is 0. The zero-order valence-corrected chi connectivity index (χ0v) is 15.2. The molecule has 1 amide bonds. The standard InChI is InChI=1S/C21H22N4O/c1-14-4-7-17(8-5-14)13-22-20-11-10-19(24-25-20)21(26)23-18-9-6-15(2)16(3)12-18/h4-12H,13H2,1-3H3,(H,22,25)(H,23,26). The molecule has 0 bridgehead atoms. The Labute approximate surface area is 153 Å². The predicted octanol–water partition coefficient (Wildman–Crippen LogP) is 4.27. The van der Waals surface area contributed by atoms with Gasteiger partial charge in [-0.15, -0.1) is 10.2 Å². The molecule has 1 heterocycles. The van der Waals surface area contributed by atoms with E-state index < -0.39 is 0 Å². The van der Waals surface area contributed by atoms with Crippen LogP contribution in [0.5, 0.6) is 0 Å². The molecule has 5 nitrogen and oxygen atoms in total. The number of aryl methyl sites for hydroxylation is 3. The van der Waals surface area contributed by atoms with Crippen molar-refractivity contribution in [3.63, 3.8) is 0 Å². The highest BCUT2D eigenvalue weighted by Gasteiger charge is 2.09. The van der Waals surface area contributed by atoms with Crippen molar-refractivity contribution in [1.82, 2.24) is 10.2 Å². The highest BCUT2D eigenvalue weighted by molar-refractivity contribution is 6.02. The first-order chi connectivity index (χ1) is 12.5. The van der Waals surface area contributed by atoms with Crippen molar-refractivity contribution in [3.05, 3.63) is 82.5 Å². The molecule has 2 N–H and O–H groups in total. The summed E-state index contributed by atoms with van der Waals surface area (Å²) in [6, 6.07) is 17.5. The van der Waals surface area contributed by atoms with Crippen molar-refractivity contribution in [2.75, 3.05) is 10.6 Å². The van der Waals surface area contributed by atoms with Crippen molar-refractivity contribution in [2.45, 2.75) is 27.3 Å². The number of anilines is 2. The highest BCUT2D eigenvalue weighted by Crippen LogP contribution is 2.15. The molecule has 1 aromatic heterocycles. The van der Waals surface area contributed by atoms with Gasteiger partial charge in [-0.2, -0.15) is 0 Å². The number of amides is 1. The van der Waals surface area contributed by atoms with Crippen LogP contribution in [0.3, 0.4) is 0 Å². The maximum Gasteiger partial charge on any atom is 0.276 e. The summed E-state index contributed by atoms with van der Waals surface area (Å²) in [5.74, 6) is 0.360. The number of aromatic nitrogens is 2. The fourth-order valence-corrected chi connectivity index (χ4v) is 2.46. The molecular weight excluding hydrogens is 324 g/mol. The second-order valence-corrected chi connectivity index (χ2v) is 6.40. The van der Waals surface area contributed by atoms with Gasteiger partial charge in [0.05, 0.1) is 0 Å². The SMILES string of the molecule is Cc1ccc(CNc2ccc(C(=O)Nc3ccc(C)c(C)c3)nn2)cc1. The predicted molar refractivity (Wildman–Crippen MR) is 104 cm³/mol. The summed E-state index contributed by atoms with van der Waals surface area (Å²) in [6.45, 7) is 6.77. The smallest absolute Gasteiger partial charge is 0.276 e. The Morgan fingerprint density at radius 3 is 2.31 bits per heavy atom. The average molecular weight is 346 g/mol. The van der Waals surface area contributed by atoms with Crippen molar-refractivity contribution in [3.8, 4) is 0 Å². The molecule has 26 heavy (non-hydrogen) atoms. The molecular formula is C21H22N4O. The van der Waals surface area contributed by atoms with Gasteiger partial charge in [-0.1, -0.05) is 35.9 Å². The quantitative estimate of drug-likeness (QED) is 0.724. The van der Waals surface area contributed by atoms with Gasteiger partial charge in [-0.3, -0.25) is 4.79 Å². The maximum atomic E-state index is 12.3. The lowest BCUT2D eigenvalue weighted by atomic mass is 10.1. The van der Waals surface area contributed by atoms with Crippen LogP contribution in [0.15, 0.2) is 54.6 Å². The Hall–Kier alpha value is -3.21. The average Bonchev–Trinajstić information content (AvgIpc) is 2.65. The van der Waals surface area contributed by atoms with Gasteiger partial charge in [-0.05, 0) is 61.7 Å². The number of benzene rings is 2. The van der Waals surface area contributed by atoms with Gasteiger partial charge in [0, 0.05) is 12.2 Å². The molecule has 0 spiro atoms. The van der Waals surface area contributed by atoms with E-state index in [-0.39, 0.29) is 11.6 Å². The van der Waals surface area contributed by atoms with Crippen LogP contribution in [-0.2, 0) is 6.54 Å². The van der Waals surface area contributed by atoms with E-state index in [2.05, 4.69) is 52.0 Å². The van der Waals surface area contributed by atoms with Crippen molar-refractivity contribution in [1.29, 1.82) is 0 Å². The summed E-state index contributed by atoms with van der Waals surface area (Å²) < 4.78 is 0. The van der Waals surface area contributed by atoms with Gasteiger partial charge in [0.25, 0.3) is 5.91 Å². The van der Waals surface area contributed by atoms with Crippen LogP contribution in [0.4, 0.5) is 11.5 Å². The third-order valence-corrected chi connectivity index (χ3v) is 4.26. The second kappa shape index (κ2) is 7.78. The number of carbonyl (C=O) groups is 1. The molecule has 0 radical (unpaired) electrons. The van der Waals surface area contributed by atoms with Crippen LogP contribution in [-0.4, -0.2) is 16.1 Å². The summed E-state index contributed by atoms with van der Waals surface area (Å²) in [4.78, 5) is 12.3. The number of hydrogen-bond acceptors (Lipinski definition) is 4. The lowest BCUT2D eigenvalue weighted by Gasteiger charge is -2.08. The van der Waals surface area contributed by atoms with E-state index in [1.807, 2.05) is 32.0 Å². The first kappa shape index (κ1) is 17.6. The van der Waals surface area contributed by atoms with E-state index in [1.54, 1.807) is 12.1 Å². The third-order valence-electron chi connectivity index (χ3n) is 4.26. The second-order valence-electron chi connectivity index (χ2n) is 6.40. The van der Waals surface area contributed by atoms with Crippen molar-refractivity contribution < 1.29 is 4.79 Å². The zero-order valence-electron chi connectivity index (χ0n) is 15.2. The summed E-state index contributed by atoms with van der Waals surface area (Å²) in [7, 11) is 0. The van der Waals surface area contributed by atoms with Gasteiger partial charge in [0.1, 0.15) is 5.82 Å². The van der Waals surface area contributed by atoms with E-state index in [0.717, 1.165) is 16.8 Å². The maximum absolute atomic E-state index is 12.3. The van der Waals surface area contributed by atoms with Gasteiger partial charge in [0.15, 0.2) is 5.69 Å². The van der Waals surface area contributed by atoms with Crippen molar-refractivity contribution in [2.24, 2.45) is 0 Å². The molecule has 3 aromatic rings. The zero-order chi connectivity index (χ0) is 18.5. The van der Waals surface area contributed by atoms with Gasteiger partial charge < -0.3 is 10.6 Å². The molecule has 2 aromatic carbocycles. The first-order valence-corrected chi connectivity index (χ1v) is 8.53. The summed E-state index contributed by atoms with van der Waals surface area (Å²) in [5, 5.41) is 14.2. The minimum atomic E-state index is -0.272. The molecule has 5 heteroatoms. The minimum Gasteiger partial charge on any atom is -0.365 e. The Morgan fingerprint density at radius 1 is 0.885 bits per heavy atom. The van der Waals surface area contributed by atoms with Gasteiger partial charge in [0.2, 0.25) is 0 Å². The lowest BCUT2D eigenvalue weighted by Crippen LogP contribution is -2.15. The Balaban J connectivity index is 1.60. The molecule has 0 saturated heterocycles. The van der Waals surface area contributed by atoms with Gasteiger partial charge >= 0.3 is 0 Å². The van der Waals surface area contributed by atoms with Crippen LogP contribution in [0.1, 0.15) is 32.7 Å². The molecule has 0 atom stereocenters. The highest BCUT2D eigenvalue weighted by atomic mass is 16.1. The van der Waals surface area contributed by atoms with E-state index in [4.69, 9.17) is 0 Å². The van der Waals surface area contributed by atoms with E-state index >= 15 is 0 Å².